The fourth-order valence-corrected chi connectivity index (χ4v) is 2.76. The van der Waals surface area contributed by atoms with Gasteiger partial charge in [-0.1, -0.05) is 29.4 Å². The van der Waals surface area contributed by atoms with Crippen LogP contribution in [0, 0.1) is 0 Å². The number of benzene rings is 2. The van der Waals surface area contributed by atoms with E-state index in [9.17, 15) is 4.79 Å². The van der Waals surface area contributed by atoms with Gasteiger partial charge in [-0.25, -0.2) is 4.98 Å². The molecule has 0 fully saturated rings. The summed E-state index contributed by atoms with van der Waals surface area (Å²) in [6, 6.07) is 15.3. The Morgan fingerprint density at radius 1 is 1.14 bits per heavy atom. The second-order valence-corrected chi connectivity index (χ2v) is 5.17. The molecule has 0 aliphatic rings. The molecular formula is C17H13N3O2. The molecule has 0 unspecified atom stereocenters. The van der Waals surface area contributed by atoms with Gasteiger partial charge in [-0.2, -0.15) is 0 Å². The Morgan fingerprint density at radius 3 is 2.77 bits per heavy atom. The lowest BCUT2D eigenvalue weighted by Crippen LogP contribution is -2.10. The Labute approximate surface area is 126 Å². The zero-order chi connectivity index (χ0) is 15.1. The van der Waals surface area contributed by atoms with Crippen LogP contribution in [0.15, 0.2) is 53.1 Å². The van der Waals surface area contributed by atoms with Gasteiger partial charge in [-0.3, -0.25) is 9.36 Å². The number of nitrogens with zero attached hydrogens (tertiary/aromatic N) is 3. The van der Waals surface area contributed by atoms with Crippen molar-refractivity contribution in [1.29, 1.82) is 0 Å². The molecule has 0 saturated carbocycles. The number of hydrogen-bond acceptors (Lipinski definition) is 4. The fraction of sp³-hybridized carbons (Fsp3) is 0.118. The molecule has 0 bridgehead atoms. The highest BCUT2D eigenvalue weighted by Gasteiger charge is 2.17. The number of para-hydroxylation sites is 3. The maximum atomic E-state index is 12.0. The first-order valence-corrected chi connectivity index (χ1v) is 7.04. The second kappa shape index (κ2) is 4.80. The molecule has 5 heteroatoms. The molecule has 22 heavy (non-hydrogen) atoms. The lowest BCUT2D eigenvalue weighted by atomic mass is 10.1. The molecule has 4 rings (SSSR count). The molecule has 0 spiro atoms. The minimum absolute atomic E-state index is 0.0588. The van der Waals surface area contributed by atoms with Gasteiger partial charge in [0.15, 0.2) is 5.58 Å². The summed E-state index contributed by atoms with van der Waals surface area (Å²) in [4.78, 5) is 16.6. The third-order valence-corrected chi connectivity index (χ3v) is 3.72. The van der Waals surface area contributed by atoms with Gasteiger partial charge in [0.2, 0.25) is 5.91 Å². The lowest BCUT2D eigenvalue weighted by molar-refractivity contribution is 0.0938. The largest absolute Gasteiger partial charge is 0.356 e. The normalized spacial score (nSPS) is 11.3. The molecule has 4 aromatic rings. The molecule has 5 nitrogen and oxygen atoms in total. The number of imidazole rings is 1. The maximum absolute atomic E-state index is 12.0. The zero-order valence-corrected chi connectivity index (χ0v) is 12.0. The van der Waals surface area contributed by atoms with Crippen LogP contribution in [0.3, 0.4) is 0 Å². The smallest absolute Gasteiger partial charge is 0.229 e. The van der Waals surface area contributed by atoms with Gasteiger partial charge < -0.3 is 4.52 Å². The zero-order valence-electron chi connectivity index (χ0n) is 12.0. The van der Waals surface area contributed by atoms with Crippen molar-refractivity contribution < 1.29 is 9.32 Å². The van der Waals surface area contributed by atoms with E-state index in [2.05, 4.69) is 10.1 Å². The van der Waals surface area contributed by atoms with Crippen LogP contribution in [0.2, 0.25) is 0 Å². The van der Waals surface area contributed by atoms with Crippen LogP contribution in [0.5, 0.6) is 0 Å². The van der Waals surface area contributed by atoms with Gasteiger partial charge in [-0.05, 0) is 24.3 Å². The maximum Gasteiger partial charge on any atom is 0.229 e. The van der Waals surface area contributed by atoms with Crippen LogP contribution in [-0.4, -0.2) is 20.6 Å². The van der Waals surface area contributed by atoms with E-state index < -0.39 is 0 Å². The Hall–Kier alpha value is -2.95. The van der Waals surface area contributed by atoms with Crippen LogP contribution in [-0.2, 0) is 6.42 Å². The lowest BCUT2D eigenvalue weighted by Gasteiger charge is -2.03. The van der Waals surface area contributed by atoms with Crippen molar-refractivity contribution in [2.45, 2.75) is 13.3 Å². The highest BCUT2D eigenvalue weighted by Crippen LogP contribution is 2.23. The number of rotatable bonds is 2. The van der Waals surface area contributed by atoms with Crippen molar-refractivity contribution in [3.63, 3.8) is 0 Å². The fourth-order valence-electron chi connectivity index (χ4n) is 2.76. The number of fused-ring (bicyclic) bond motifs is 2. The summed E-state index contributed by atoms with van der Waals surface area (Å²) in [6.45, 7) is 1.54. The van der Waals surface area contributed by atoms with Crippen molar-refractivity contribution in [2.75, 3.05) is 0 Å². The van der Waals surface area contributed by atoms with Crippen LogP contribution < -0.4 is 0 Å². The average molecular weight is 291 g/mol. The van der Waals surface area contributed by atoms with E-state index in [-0.39, 0.29) is 5.91 Å². The van der Waals surface area contributed by atoms with Gasteiger partial charge in [-0.15, -0.1) is 0 Å². The number of carbonyl (C=O) groups is 1. The summed E-state index contributed by atoms with van der Waals surface area (Å²) in [5, 5.41) is 5.07. The highest BCUT2D eigenvalue weighted by molar-refractivity contribution is 5.90. The van der Waals surface area contributed by atoms with Gasteiger partial charge in [0.25, 0.3) is 0 Å². The van der Waals surface area contributed by atoms with Crippen LogP contribution >= 0.6 is 0 Å². The van der Waals surface area contributed by atoms with E-state index in [0.717, 1.165) is 27.7 Å². The SMILES string of the molecule is CC(=O)n1c(Cc2noc3ccccc23)nc2ccccc21. The summed E-state index contributed by atoms with van der Waals surface area (Å²) in [5.41, 5.74) is 3.15. The quantitative estimate of drug-likeness (QED) is 0.567. The molecule has 0 amide bonds. The summed E-state index contributed by atoms with van der Waals surface area (Å²) in [7, 11) is 0. The molecule has 108 valence electrons. The topological polar surface area (TPSA) is 60.9 Å². The standard InChI is InChI=1S/C17H13N3O2/c1-11(21)20-15-8-4-3-7-13(15)18-17(20)10-14-12-6-2-5-9-16(12)22-19-14/h2-9H,10H2,1H3. The summed E-state index contributed by atoms with van der Waals surface area (Å²) < 4.78 is 6.96. The first kappa shape index (κ1) is 12.8. The highest BCUT2D eigenvalue weighted by atomic mass is 16.5. The van der Waals surface area contributed by atoms with Crippen LogP contribution in [0.4, 0.5) is 0 Å². The molecule has 0 atom stereocenters. The number of hydrogen-bond donors (Lipinski definition) is 0. The second-order valence-electron chi connectivity index (χ2n) is 5.17. The Bertz CT molecular complexity index is 997. The third kappa shape index (κ3) is 1.90. The van der Waals surface area contributed by atoms with Gasteiger partial charge in [0.1, 0.15) is 5.82 Å². The molecule has 0 N–H and O–H groups in total. The Kier molecular flexibility index (Phi) is 2.79. The van der Waals surface area contributed by atoms with Crippen LogP contribution in [0.1, 0.15) is 23.2 Å². The van der Waals surface area contributed by atoms with E-state index in [0.29, 0.717) is 12.2 Å². The molecule has 2 heterocycles. The molecule has 2 aromatic heterocycles. The monoisotopic (exact) mass is 291 g/mol. The third-order valence-electron chi connectivity index (χ3n) is 3.72. The number of carbonyl (C=O) groups excluding carboxylic acids is 1. The Morgan fingerprint density at radius 2 is 1.91 bits per heavy atom. The predicted octanol–water partition coefficient (Wildman–Crippen LogP) is 3.43. The number of aromatic nitrogens is 3. The first-order valence-electron chi connectivity index (χ1n) is 7.04. The molecule has 0 aliphatic carbocycles. The predicted molar refractivity (Wildman–Crippen MR) is 82.8 cm³/mol. The molecule has 0 saturated heterocycles. The van der Waals surface area contributed by atoms with E-state index in [1.807, 2.05) is 48.5 Å². The molecular weight excluding hydrogens is 278 g/mol. The summed E-state index contributed by atoms with van der Waals surface area (Å²) in [6.07, 6.45) is 0.450. The Balaban J connectivity index is 1.87. The van der Waals surface area contributed by atoms with Gasteiger partial charge in [0.05, 0.1) is 23.1 Å². The van der Waals surface area contributed by atoms with Crippen molar-refractivity contribution in [3.05, 3.63) is 60.0 Å². The van der Waals surface area contributed by atoms with Crippen molar-refractivity contribution in [3.8, 4) is 0 Å². The van der Waals surface area contributed by atoms with E-state index >= 15 is 0 Å². The summed E-state index contributed by atoms with van der Waals surface area (Å²) >= 11 is 0. The average Bonchev–Trinajstić information content (AvgIpc) is 3.09. The minimum Gasteiger partial charge on any atom is -0.356 e. The molecule has 2 aromatic carbocycles. The first-order chi connectivity index (χ1) is 10.7. The van der Waals surface area contributed by atoms with Gasteiger partial charge in [0, 0.05) is 12.3 Å². The molecule has 0 aliphatic heterocycles. The van der Waals surface area contributed by atoms with E-state index in [4.69, 9.17) is 4.52 Å². The van der Waals surface area contributed by atoms with Crippen LogP contribution in [0.25, 0.3) is 22.0 Å². The van der Waals surface area contributed by atoms with Gasteiger partial charge >= 0.3 is 0 Å². The van der Waals surface area contributed by atoms with Crippen molar-refractivity contribution in [1.82, 2.24) is 14.7 Å². The van der Waals surface area contributed by atoms with Crippen molar-refractivity contribution >= 4 is 27.9 Å². The van der Waals surface area contributed by atoms with Crippen molar-refractivity contribution in [2.24, 2.45) is 0 Å². The summed E-state index contributed by atoms with van der Waals surface area (Å²) in [5.74, 6) is 0.615. The molecule has 0 radical (unpaired) electrons. The minimum atomic E-state index is -0.0588. The van der Waals surface area contributed by atoms with E-state index in [1.54, 1.807) is 11.5 Å². The van der Waals surface area contributed by atoms with E-state index in [1.165, 1.54) is 0 Å².